The summed E-state index contributed by atoms with van der Waals surface area (Å²) in [6.07, 6.45) is 2.54. The van der Waals surface area contributed by atoms with Crippen LogP contribution in [0.1, 0.15) is 59.8 Å². The summed E-state index contributed by atoms with van der Waals surface area (Å²) in [6.45, 7) is 6.16. The van der Waals surface area contributed by atoms with E-state index < -0.39 is 23.8 Å². The third-order valence-electron chi connectivity index (χ3n) is 7.08. The number of amides is 1. The molecular weight excluding hydrogens is 426 g/mol. The maximum absolute atomic E-state index is 13.2. The fraction of sp³-hybridized carbons (Fsp3) is 0.480. The molecule has 2 aromatic rings. The average Bonchev–Trinajstić information content (AvgIpc) is 3.46. The van der Waals surface area contributed by atoms with Crippen molar-refractivity contribution in [2.45, 2.75) is 46.0 Å². The van der Waals surface area contributed by atoms with Crippen LogP contribution >= 0.6 is 11.3 Å². The van der Waals surface area contributed by atoms with Gasteiger partial charge in [-0.2, -0.15) is 0 Å². The van der Waals surface area contributed by atoms with Gasteiger partial charge in [-0.3, -0.25) is 9.59 Å². The zero-order chi connectivity index (χ0) is 23.2. The zero-order valence-electron chi connectivity index (χ0n) is 18.8. The van der Waals surface area contributed by atoms with Crippen LogP contribution in [0.2, 0.25) is 0 Å². The highest BCUT2D eigenvalue weighted by Gasteiger charge is 2.54. The van der Waals surface area contributed by atoms with Gasteiger partial charge in [0.05, 0.1) is 18.9 Å². The Hall–Kier alpha value is -2.67. The second kappa shape index (κ2) is 8.70. The Bertz CT molecular complexity index is 1060. The first-order valence-corrected chi connectivity index (χ1v) is 11.9. The SMILES string of the molecule is COC(=O)c1c(NC(=O)[C@@H]2[C@H]3CC[C@@H](C3)[C@H]2C(=O)O)sc(C)c1-c1ccc(C(C)C)cc1. The van der Waals surface area contributed by atoms with Gasteiger partial charge in [0.25, 0.3) is 0 Å². The van der Waals surface area contributed by atoms with E-state index in [1.807, 2.05) is 31.2 Å². The number of fused-ring (bicyclic) bond motifs is 2. The lowest BCUT2D eigenvalue weighted by Crippen LogP contribution is -2.37. The number of carboxylic acids is 1. The smallest absolute Gasteiger partial charge is 0.341 e. The Balaban J connectivity index is 1.69. The van der Waals surface area contributed by atoms with Crippen molar-refractivity contribution in [1.82, 2.24) is 0 Å². The third kappa shape index (κ3) is 3.83. The number of methoxy groups -OCH3 is 1. The van der Waals surface area contributed by atoms with Gasteiger partial charge in [-0.15, -0.1) is 11.3 Å². The summed E-state index contributed by atoms with van der Waals surface area (Å²) in [5.41, 5.74) is 3.16. The molecular formula is C25H29NO5S. The molecule has 1 aromatic carbocycles. The molecule has 0 aliphatic heterocycles. The van der Waals surface area contributed by atoms with E-state index in [1.165, 1.54) is 24.0 Å². The third-order valence-corrected chi connectivity index (χ3v) is 8.10. The summed E-state index contributed by atoms with van der Waals surface area (Å²) in [4.78, 5) is 38.7. The van der Waals surface area contributed by atoms with Crippen molar-refractivity contribution in [3.8, 4) is 11.1 Å². The molecule has 4 rings (SSSR count). The lowest BCUT2D eigenvalue weighted by atomic mass is 9.78. The first kappa shape index (κ1) is 22.5. The Kier molecular flexibility index (Phi) is 6.12. The van der Waals surface area contributed by atoms with E-state index in [-0.39, 0.29) is 17.7 Å². The molecule has 2 aliphatic rings. The number of benzene rings is 1. The number of thiophene rings is 1. The van der Waals surface area contributed by atoms with Crippen LogP contribution < -0.4 is 5.32 Å². The van der Waals surface area contributed by atoms with Gasteiger partial charge in [-0.25, -0.2) is 4.79 Å². The van der Waals surface area contributed by atoms with Crippen LogP contribution in [0, 0.1) is 30.6 Å². The summed E-state index contributed by atoms with van der Waals surface area (Å²) >= 11 is 1.33. The Morgan fingerprint density at radius 1 is 1.09 bits per heavy atom. The molecule has 1 amide bonds. The van der Waals surface area contributed by atoms with Crippen LogP contribution in [0.5, 0.6) is 0 Å². The van der Waals surface area contributed by atoms with Gasteiger partial charge < -0.3 is 15.2 Å². The van der Waals surface area contributed by atoms with Gasteiger partial charge in [0.15, 0.2) is 0 Å². The van der Waals surface area contributed by atoms with Crippen LogP contribution in [0.4, 0.5) is 5.00 Å². The predicted molar refractivity (Wildman–Crippen MR) is 124 cm³/mol. The quantitative estimate of drug-likeness (QED) is 0.575. The van der Waals surface area contributed by atoms with Gasteiger partial charge in [-0.05, 0) is 55.1 Å². The average molecular weight is 456 g/mol. The minimum atomic E-state index is -0.904. The van der Waals surface area contributed by atoms with Crippen molar-refractivity contribution in [2.75, 3.05) is 12.4 Å². The summed E-state index contributed by atoms with van der Waals surface area (Å²) in [5, 5.41) is 13.0. The molecule has 0 radical (unpaired) electrons. The number of anilines is 1. The summed E-state index contributed by atoms with van der Waals surface area (Å²) in [5.74, 6) is -2.40. The number of nitrogens with one attached hydrogen (secondary N) is 1. The minimum absolute atomic E-state index is 0.0634. The Morgan fingerprint density at radius 2 is 1.72 bits per heavy atom. The van der Waals surface area contributed by atoms with E-state index in [4.69, 9.17) is 4.74 Å². The summed E-state index contributed by atoms with van der Waals surface area (Å²) in [7, 11) is 1.32. The number of carbonyl (C=O) groups is 3. The van der Waals surface area contributed by atoms with Gasteiger partial charge in [0.2, 0.25) is 5.91 Å². The monoisotopic (exact) mass is 455 g/mol. The standard InChI is InChI=1S/C25H29NO5S/c1-12(2)14-5-7-15(8-6-14)18-13(3)32-23(21(18)25(30)31-4)26-22(27)19-16-9-10-17(11-16)20(19)24(28)29/h5-8,12,16-17,19-20H,9-11H2,1-4H3,(H,26,27)(H,28,29)/t16-,17-,19+,20+/m0/s1. The zero-order valence-corrected chi connectivity index (χ0v) is 19.6. The first-order chi connectivity index (χ1) is 15.2. The molecule has 170 valence electrons. The largest absolute Gasteiger partial charge is 0.481 e. The molecule has 0 spiro atoms. The predicted octanol–water partition coefficient (Wildman–Crippen LogP) is 5.32. The number of aryl methyl sites for hydroxylation is 1. The van der Waals surface area contributed by atoms with Gasteiger partial charge in [0, 0.05) is 10.4 Å². The number of hydrogen-bond acceptors (Lipinski definition) is 5. The maximum atomic E-state index is 13.2. The molecule has 0 saturated heterocycles. The molecule has 1 aromatic heterocycles. The Labute approximate surface area is 192 Å². The van der Waals surface area contributed by atoms with Crippen LogP contribution in [-0.4, -0.2) is 30.1 Å². The second-order valence-corrected chi connectivity index (χ2v) is 10.4. The molecule has 2 aliphatic carbocycles. The second-order valence-electron chi connectivity index (χ2n) is 9.22. The van der Waals surface area contributed by atoms with Gasteiger partial charge in [-0.1, -0.05) is 38.1 Å². The van der Waals surface area contributed by atoms with Crippen molar-refractivity contribution in [1.29, 1.82) is 0 Å². The number of hydrogen-bond donors (Lipinski definition) is 2. The fourth-order valence-electron chi connectivity index (χ4n) is 5.53. The van der Waals surface area contributed by atoms with Crippen LogP contribution in [0.3, 0.4) is 0 Å². The van der Waals surface area contributed by atoms with Gasteiger partial charge >= 0.3 is 11.9 Å². The topological polar surface area (TPSA) is 92.7 Å². The molecule has 6 nitrogen and oxygen atoms in total. The highest BCUT2D eigenvalue weighted by Crippen LogP contribution is 2.53. The van der Waals surface area contributed by atoms with E-state index in [1.54, 1.807) is 0 Å². The molecule has 4 atom stereocenters. The molecule has 1 heterocycles. The number of rotatable bonds is 6. The molecule has 0 unspecified atom stereocenters. The normalized spacial score (nSPS) is 24.0. The van der Waals surface area contributed by atoms with Crippen molar-refractivity contribution in [3.63, 3.8) is 0 Å². The number of carboxylic acid groups (broad SMARTS) is 1. The van der Waals surface area contributed by atoms with E-state index in [9.17, 15) is 19.5 Å². The summed E-state index contributed by atoms with van der Waals surface area (Å²) < 4.78 is 5.05. The molecule has 2 fully saturated rings. The number of carbonyl (C=O) groups excluding carboxylic acids is 2. The van der Waals surface area contributed by atoms with Crippen LogP contribution in [0.25, 0.3) is 11.1 Å². The van der Waals surface area contributed by atoms with Crippen molar-refractivity contribution < 1.29 is 24.2 Å². The Morgan fingerprint density at radius 3 is 2.28 bits per heavy atom. The van der Waals surface area contributed by atoms with E-state index in [0.29, 0.717) is 16.5 Å². The van der Waals surface area contributed by atoms with Crippen molar-refractivity contribution in [2.24, 2.45) is 23.7 Å². The fourth-order valence-corrected chi connectivity index (χ4v) is 6.60. The minimum Gasteiger partial charge on any atom is -0.481 e. The van der Waals surface area contributed by atoms with Crippen molar-refractivity contribution in [3.05, 3.63) is 40.3 Å². The van der Waals surface area contributed by atoms with Crippen LogP contribution in [-0.2, 0) is 14.3 Å². The highest BCUT2D eigenvalue weighted by molar-refractivity contribution is 7.17. The van der Waals surface area contributed by atoms with E-state index in [0.717, 1.165) is 35.3 Å². The number of aliphatic carboxylic acids is 1. The molecule has 2 N–H and O–H groups in total. The highest BCUT2D eigenvalue weighted by atomic mass is 32.1. The van der Waals surface area contributed by atoms with Gasteiger partial charge in [0.1, 0.15) is 10.6 Å². The molecule has 2 bridgehead atoms. The molecule has 32 heavy (non-hydrogen) atoms. The number of ether oxygens (including phenoxy) is 1. The maximum Gasteiger partial charge on any atom is 0.341 e. The number of esters is 1. The summed E-state index contributed by atoms with van der Waals surface area (Å²) in [6, 6.07) is 8.06. The lowest BCUT2D eigenvalue weighted by Gasteiger charge is -2.26. The molecule has 7 heteroatoms. The lowest BCUT2D eigenvalue weighted by molar-refractivity contribution is -0.148. The first-order valence-electron chi connectivity index (χ1n) is 11.1. The van der Waals surface area contributed by atoms with E-state index in [2.05, 4.69) is 19.2 Å². The van der Waals surface area contributed by atoms with Crippen LogP contribution in [0.15, 0.2) is 24.3 Å². The van der Waals surface area contributed by atoms with Crippen molar-refractivity contribution >= 4 is 34.2 Å². The molecule has 2 saturated carbocycles. The van der Waals surface area contributed by atoms with E-state index >= 15 is 0 Å².